The lowest BCUT2D eigenvalue weighted by Gasteiger charge is -2.70. The van der Waals surface area contributed by atoms with Crippen LogP contribution < -0.4 is 0 Å². The van der Waals surface area contributed by atoms with Crippen molar-refractivity contribution in [1.82, 2.24) is 0 Å². The number of carbonyl (C=O) groups excluding carboxylic acids is 1. The maximum absolute atomic E-state index is 17.0. The van der Waals surface area contributed by atoms with E-state index in [2.05, 4.69) is 39.5 Å². The van der Waals surface area contributed by atoms with Crippen molar-refractivity contribution in [3.63, 3.8) is 0 Å². The number of nitrogens with zero attached hydrogens (tertiary/aromatic N) is 1. The molecule has 1 aliphatic heterocycles. The molecule has 1 N–H and O–H groups in total. The minimum Gasteiger partial charge on any atom is -0.523 e. The van der Waals surface area contributed by atoms with Crippen molar-refractivity contribution in [1.29, 1.82) is 0 Å². The van der Waals surface area contributed by atoms with Gasteiger partial charge in [0.25, 0.3) is 0 Å². The van der Waals surface area contributed by atoms with Gasteiger partial charge in [0, 0.05) is 17.3 Å². The third kappa shape index (κ3) is 2.37. The van der Waals surface area contributed by atoms with Gasteiger partial charge in [-0.15, -0.1) is 0 Å². The molecule has 0 aromatic carbocycles. The molecule has 1 heterocycles. The van der Waals surface area contributed by atoms with E-state index in [0.717, 1.165) is 50.5 Å². The van der Waals surface area contributed by atoms with Gasteiger partial charge in [0.2, 0.25) is 5.70 Å². The van der Waals surface area contributed by atoms with Crippen LogP contribution in [0.2, 0.25) is 0 Å². The zero-order chi connectivity index (χ0) is 25.4. The number of allylic oxidation sites excluding steroid dienone is 3. The summed E-state index contributed by atoms with van der Waals surface area (Å²) in [7, 11) is 0. The van der Waals surface area contributed by atoms with Crippen LogP contribution in [0.3, 0.4) is 0 Å². The van der Waals surface area contributed by atoms with E-state index in [0.29, 0.717) is 12.1 Å². The van der Waals surface area contributed by atoms with E-state index in [1.165, 1.54) is 0 Å². The molecule has 4 fully saturated rings. The summed E-state index contributed by atoms with van der Waals surface area (Å²) in [6.45, 7) is 20.9. The molecule has 1 saturated heterocycles. The molecule has 6 aliphatic rings. The fourth-order valence-corrected chi connectivity index (χ4v) is 10.5. The monoisotopic (exact) mass is 481 g/mol. The number of halogens is 1. The summed E-state index contributed by atoms with van der Waals surface area (Å²) in [6, 6.07) is 0. The average molecular weight is 482 g/mol. The Bertz CT molecular complexity index is 1130. The summed E-state index contributed by atoms with van der Waals surface area (Å²) in [5.41, 5.74) is -1.31. The number of alkyl halides is 1. The van der Waals surface area contributed by atoms with Gasteiger partial charge in [-0.05, 0) is 79.6 Å². The van der Waals surface area contributed by atoms with Crippen LogP contribution in [-0.4, -0.2) is 22.8 Å². The van der Waals surface area contributed by atoms with Gasteiger partial charge in [-0.1, -0.05) is 47.1 Å². The summed E-state index contributed by atoms with van der Waals surface area (Å²) in [5, 5.41) is 10.7. The third-order valence-corrected chi connectivity index (χ3v) is 12.7. The number of hydrogen-bond donors (Lipinski definition) is 1. The molecule has 0 aromatic rings. The molecule has 1 spiro atoms. The van der Waals surface area contributed by atoms with Gasteiger partial charge < -0.3 is 9.84 Å². The molecule has 0 aromatic heterocycles. The van der Waals surface area contributed by atoms with Crippen molar-refractivity contribution in [3.8, 4) is 0 Å². The summed E-state index contributed by atoms with van der Waals surface area (Å²) < 4.78 is 23.4. The first kappa shape index (κ1) is 23.6. The zero-order valence-electron chi connectivity index (χ0n) is 22.1. The normalized spacial score (nSPS) is 53.9. The second-order valence-electron chi connectivity index (χ2n) is 14.4. The van der Waals surface area contributed by atoms with Crippen molar-refractivity contribution in [3.05, 3.63) is 34.5 Å². The van der Waals surface area contributed by atoms with Crippen LogP contribution >= 0.6 is 0 Å². The average Bonchev–Trinajstić information content (AvgIpc) is 2.98. The van der Waals surface area contributed by atoms with Crippen LogP contribution in [0.25, 0.3) is 4.85 Å². The van der Waals surface area contributed by atoms with Gasteiger partial charge in [-0.3, -0.25) is 4.79 Å². The van der Waals surface area contributed by atoms with E-state index < -0.39 is 28.0 Å². The highest BCUT2D eigenvalue weighted by Gasteiger charge is 2.82. The maximum Gasteiger partial charge on any atom is 0.313 e. The van der Waals surface area contributed by atoms with Gasteiger partial charge in [-0.2, -0.15) is 0 Å². The Morgan fingerprint density at radius 1 is 1.11 bits per heavy atom. The first-order valence-corrected chi connectivity index (χ1v) is 13.6. The van der Waals surface area contributed by atoms with Gasteiger partial charge in [0.1, 0.15) is 0 Å². The topological polar surface area (TPSA) is 50.9 Å². The van der Waals surface area contributed by atoms with Crippen molar-refractivity contribution >= 4 is 5.97 Å². The van der Waals surface area contributed by atoms with E-state index >= 15 is 4.39 Å². The summed E-state index contributed by atoms with van der Waals surface area (Å²) in [5.74, 6) is 0.0121. The van der Waals surface area contributed by atoms with Crippen molar-refractivity contribution in [2.45, 2.75) is 105 Å². The first-order valence-electron chi connectivity index (χ1n) is 13.6. The van der Waals surface area contributed by atoms with Crippen LogP contribution in [-0.2, 0) is 9.53 Å². The second kappa shape index (κ2) is 6.53. The highest BCUT2D eigenvalue weighted by atomic mass is 19.1. The largest absolute Gasteiger partial charge is 0.523 e. The fraction of sp³-hybridized carbons (Fsp3) is 0.800. The Labute approximate surface area is 209 Å². The molecule has 190 valence electrons. The van der Waals surface area contributed by atoms with Gasteiger partial charge in [0.15, 0.2) is 11.8 Å². The smallest absolute Gasteiger partial charge is 0.313 e. The number of hydrogen-bond acceptors (Lipinski definition) is 3. The summed E-state index contributed by atoms with van der Waals surface area (Å²) in [6.07, 6.45) is 6.90. The molecule has 5 heteroatoms. The Kier molecular flexibility index (Phi) is 4.40. The molecule has 35 heavy (non-hydrogen) atoms. The van der Waals surface area contributed by atoms with E-state index in [9.17, 15) is 9.90 Å². The molecule has 2 bridgehead atoms. The van der Waals surface area contributed by atoms with Gasteiger partial charge in [0.05, 0.1) is 17.7 Å². The maximum atomic E-state index is 17.0. The number of esters is 1. The molecule has 9 atom stereocenters. The molecule has 5 aliphatic carbocycles. The predicted molar refractivity (Wildman–Crippen MR) is 132 cm³/mol. The highest BCUT2D eigenvalue weighted by molar-refractivity contribution is 5.82. The van der Waals surface area contributed by atoms with Crippen LogP contribution in [0, 0.1) is 51.4 Å². The second-order valence-corrected chi connectivity index (χ2v) is 14.4. The first-order chi connectivity index (χ1) is 16.2. The van der Waals surface area contributed by atoms with E-state index in [4.69, 9.17) is 11.3 Å². The Morgan fingerprint density at radius 2 is 1.80 bits per heavy atom. The van der Waals surface area contributed by atoms with Crippen LogP contribution in [0.5, 0.6) is 0 Å². The number of carbonyl (C=O) groups is 1. The molecule has 3 saturated carbocycles. The van der Waals surface area contributed by atoms with E-state index in [1.54, 1.807) is 0 Å². The predicted octanol–water partition coefficient (Wildman–Crippen LogP) is 7.32. The molecular formula is C30H40FNO3. The van der Waals surface area contributed by atoms with Crippen LogP contribution in [0.15, 0.2) is 23.1 Å². The van der Waals surface area contributed by atoms with Crippen LogP contribution in [0.1, 0.15) is 92.9 Å². The standard InChI is InChI=1S/C30H40FNO3/c1-17-18-8-9-27(5)20(26(18,4)15-19(32-7)23(17)33)14-22(31)30-21-16-25(2,3)10-12-29(21,24(34)35-30)13-11-28(27,30)6/h14,17-18,21-22,33H,8-13,15-16H2,1-6H3/t17-,18-,21+,22?,26-,27+,28-,29-,30+/m0/s1. The SMILES string of the molecule is [C-]#[N+]C1=C(O)[C@@H](C)[C@@H]2CC[C@]3(C)C(=CC(F)[C@]45OC(=O)[C@@]6(CCC(C)(C)C[C@H]64)CC[C@@]35C)[C@@]2(C)C1. The molecule has 4 nitrogen and oxygen atoms in total. The quantitative estimate of drug-likeness (QED) is 0.224. The molecule has 0 radical (unpaired) electrons. The van der Waals surface area contributed by atoms with Crippen molar-refractivity contribution < 1.29 is 19.0 Å². The lowest BCUT2D eigenvalue weighted by molar-refractivity contribution is -0.231. The van der Waals surface area contributed by atoms with E-state index in [-0.39, 0.29) is 40.3 Å². The molecular weight excluding hydrogens is 441 g/mol. The minimum absolute atomic E-state index is 0.0628. The van der Waals surface area contributed by atoms with Crippen LogP contribution in [0.4, 0.5) is 4.39 Å². The van der Waals surface area contributed by atoms with Crippen molar-refractivity contribution in [2.75, 3.05) is 0 Å². The van der Waals surface area contributed by atoms with E-state index in [1.807, 2.05) is 13.0 Å². The number of rotatable bonds is 0. The minimum atomic E-state index is -1.36. The Hall–Kier alpha value is -1.83. The lowest BCUT2D eigenvalue weighted by atomic mass is 9.34. The Balaban J connectivity index is 1.56. The molecule has 1 unspecified atom stereocenters. The van der Waals surface area contributed by atoms with Gasteiger partial charge in [-0.25, -0.2) is 9.24 Å². The number of fused-ring (bicyclic) bond motifs is 4. The summed E-state index contributed by atoms with van der Waals surface area (Å²) >= 11 is 0. The number of aliphatic hydroxyl groups excluding tert-OH is 1. The van der Waals surface area contributed by atoms with Gasteiger partial charge >= 0.3 is 5.97 Å². The fourth-order valence-electron chi connectivity index (χ4n) is 10.5. The molecule has 0 amide bonds. The zero-order valence-corrected chi connectivity index (χ0v) is 22.1. The summed E-state index contributed by atoms with van der Waals surface area (Å²) in [4.78, 5) is 17.3. The lowest BCUT2D eigenvalue weighted by Crippen LogP contribution is -2.71. The third-order valence-electron chi connectivity index (χ3n) is 12.7. The number of aliphatic hydroxyl groups is 1. The molecule has 6 rings (SSSR count). The Morgan fingerprint density at radius 3 is 2.49 bits per heavy atom. The van der Waals surface area contributed by atoms with Crippen molar-refractivity contribution in [2.24, 2.45) is 44.8 Å². The number of ether oxygens (including phenoxy) is 1. The highest BCUT2D eigenvalue weighted by Crippen LogP contribution is 2.79.